The molecule has 0 atom stereocenters. The average molecular weight is 1130 g/mol. The van der Waals surface area contributed by atoms with Gasteiger partial charge in [0.25, 0.3) is 0 Å². The van der Waals surface area contributed by atoms with Crippen molar-refractivity contribution in [3.05, 3.63) is 313 Å². The van der Waals surface area contributed by atoms with Gasteiger partial charge < -0.3 is 0 Å². The van der Waals surface area contributed by atoms with E-state index in [0.717, 1.165) is 78.4 Å². The maximum atomic E-state index is 5.36. The van der Waals surface area contributed by atoms with Gasteiger partial charge in [0.05, 0.1) is 22.8 Å². The third kappa shape index (κ3) is 9.07. The molecule has 88 heavy (non-hydrogen) atoms. The van der Waals surface area contributed by atoms with Crippen molar-refractivity contribution in [3.63, 3.8) is 0 Å². The van der Waals surface area contributed by atoms with Crippen LogP contribution in [0, 0.1) is 0 Å². The molecule has 2 aromatic heterocycles. The molecule has 2 heterocycles. The van der Waals surface area contributed by atoms with Crippen molar-refractivity contribution in [1.82, 2.24) is 19.9 Å². The van der Waals surface area contributed by atoms with E-state index in [9.17, 15) is 0 Å². The molecule has 0 radical (unpaired) electrons. The Morgan fingerprint density at radius 2 is 0.477 bits per heavy atom. The van der Waals surface area contributed by atoms with Crippen LogP contribution >= 0.6 is 0 Å². The van der Waals surface area contributed by atoms with Gasteiger partial charge in [-0.2, -0.15) is 0 Å². The van der Waals surface area contributed by atoms with Crippen LogP contribution in [0.2, 0.25) is 0 Å². The standard InChI is InChI=1S/C84H60N4/c1-83(2)73-27-13-11-21-69(73)71-47-45-63(49-75(71)83)79-51-77(59-37-29-55(30-38-59)53-17-7-5-8-18-53)85-81(87-79)61-41-33-57(34-42-61)65-23-15-26-68-66(24-16-25-67(65)68)58-35-43-62(44-36-58)82-86-78(60-39-31-56(32-40-60)54-19-9-6-10-20-54)52-80(88-82)64-46-48-72-70-22-12-14-28-74(70)84(3,4)76(72)50-64/h5-52H,1-4H3. The summed E-state index contributed by atoms with van der Waals surface area (Å²) in [7, 11) is 0. The largest absolute Gasteiger partial charge is 0.228 e. The van der Waals surface area contributed by atoms with E-state index < -0.39 is 0 Å². The highest BCUT2D eigenvalue weighted by molar-refractivity contribution is 6.04. The molecule has 0 bridgehead atoms. The van der Waals surface area contributed by atoms with Crippen molar-refractivity contribution >= 4 is 10.8 Å². The zero-order valence-electron chi connectivity index (χ0n) is 49.5. The predicted octanol–water partition coefficient (Wildman–Crippen LogP) is 21.7. The molecule has 12 aromatic carbocycles. The molecule has 0 saturated heterocycles. The molecule has 0 N–H and O–H groups in total. The van der Waals surface area contributed by atoms with Gasteiger partial charge in [-0.05, 0) is 124 Å². The first kappa shape index (κ1) is 52.6. The van der Waals surface area contributed by atoms with Crippen LogP contribution in [0.15, 0.2) is 291 Å². The molecule has 416 valence electrons. The van der Waals surface area contributed by atoms with Crippen LogP contribution < -0.4 is 0 Å². The zero-order chi connectivity index (χ0) is 59.1. The Hall–Kier alpha value is -10.9. The third-order valence-corrected chi connectivity index (χ3v) is 18.6. The monoisotopic (exact) mass is 1120 g/mol. The summed E-state index contributed by atoms with van der Waals surface area (Å²) in [5.74, 6) is 1.37. The molecule has 0 fully saturated rings. The van der Waals surface area contributed by atoms with E-state index in [2.05, 4.69) is 319 Å². The van der Waals surface area contributed by atoms with E-state index in [1.165, 1.54) is 77.5 Å². The summed E-state index contributed by atoms with van der Waals surface area (Å²) in [6.07, 6.45) is 0. The van der Waals surface area contributed by atoms with Crippen molar-refractivity contribution in [2.75, 3.05) is 0 Å². The Kier molecular flexibility index (Phi) is 12.5. The van der Waals surface area contributed by atoms with E-state index in [-0.39, 0.29) is 10.8 Å². The highest BCUT2D eigenvalue weighted by Gasteiger charge is 2.37. The van der Waals surface area contributed by atoms with Crippen molar-refractivity contribution in [2.24, 2.45) is 0 Å². The molecule has 0 spiro atoms. The van der Waals surface area contributed by atoms with E-state index in [4.69, 9.17) is 19.9 Å². The summed E-state index contributed by atoms with van der Waals surface area (Å²) >= 11 is 0. The van der Waals surface area contributed by atoms with Crippen LogP contribution in [-0.2, 0) is 10.8 Å². The van der Waals surface area contributed by atoms with Gasteiger partial charge in [0, 0.05) is 44.2 Å². The Morgan fingerprint density at radius 1 is 0.193 bits per heavy atom. The van der Waals surface area contributed by atoms with E-state index >= 15 is 0 Å². The topological polar surface area (TPSA) is 51.6 Å². The first-order valence-corrected chi connectivity index (χ1v) is 30.4. The summed E-state index contributed by atoms with van der Waals surface area (Å²) in [4.78, 5) is 21.3. The lowest BCUT2D eigenvalue weighted by Crippen LogP contribution is -2.14. The molecule has 0 amide bonds. The maximum absolute atomic E-state index is 5.36. The third-order valence-electron chi connectivity index (χ3n) is 18.6. The van der Waals surface area contributed by atoms with Crippen molar-refractivity contribution < 1.29 is 0 Å². The summed E-state index contributed by atoms with van der Waals surface area (Å²) in [6.45, 7) is 9.32. The SMILES string of the molecule is CC1(C)c2ccccc2-c2ccc(-c3cc(-c4ccc(-c5ccccc5)cc4)nc(-c4ccc(-c5cccc6c(-c7ccc(-c8nc(-c9ccc(-c%10ccccc%10)cc9)cc(-c9ccc%10c(c9)C(C)(C)c9ccccc9-%10)n8)cc7)cccc56)cc4)n3)cc21. The molecule has 2 aliphatic rings. The molecule has 4 nitrogen and oxygen atoms in total. The molecular formula is C84H60N4. The number of rotatable bonds is 10. The first-order chi connectivity index (χ1) is 43.1. The number of nitrogens with zero attached hydrogens (tertiary/aromatic N) is 4. The van der Waals surface area contributed by atoms with Crippen LogP contribution in [-0.4, -0.2) is 19.9 Å². The number of benzene rings is 12. The van der Waals surface area contributed by atoms with Gasteiger partial charge in [-0.1, -0.05) is 295 Å². The van der Waals surface area contributed by atoms with Gasteiger partial charge in [-0.3, -0.25) is 0 Å². The van der Waals surface area contributed by atoms with Gasteiger partial charge in [-0.25, -0.2) is 19.9 Å². The minimum atomic E-state index is -0.139. The van der Waals surface area contributed by atoms with Crippen LogP contribution in [0.1, 0.15) is 49.9 Å². The van der Waals surface area contributed by atoms with Crippen LogP contribution in [0.25, 0.3) is 145 Å². The normalized spacial score (nSPS) is 13.2. The smallest absolute Gasteiger partial charge is 0.160 e. The fourth-order valence-electron chi connectivity index (χ4n) is 13.8. The second-order valence-electron chi connectivity index (χ2n) is 24.5. The quantitative estimate of drug-likeness (QED) is 0.137. The second kappa shape index (κ2) is 20.9. The number of aromatic nitrogens is 4. The van der Waals surface area contributed by atoms with E-state index in [0.29, 0.717) is 11.6 Å². The molecule has 2 aliphatic carbocycles. The lowest BCUT2D eigenvalue weighted by atomic mass is 9.82. The summed E-state index contributed by atoms with van der Waals surface area (Å²) in [5.41, 5.74) is 29.2. The summed E-state index contributed by atoms with van der Waals surface area (Å²) in [6, 6.07) is 105. The van der Waals surface area contributed by atoms with Gasteiger partial charge >= 0.3 is 0 Å². The Morgan fingerprint density at radius 3 is 0.875 bits per heavy atom. The molecule has 0 aliphatic heterocycles. The maximum Gasteiger partial charge on any atom is 0.160 e. The lowest BCUT2D eigenvalue weighted by Gasteiger charge is -2.22. The van der Waals surface area contributed by atoms with Crippen molar-refractivity contribution in [2.45, 2.75) is 38.5 Å². The number of hydrogen-bond donors (Lipinski definition) is 0. The first-order valence-electron chi connectivity index (χ1n) is 30.4. The molecule has 16 rings (SSSR count). The van der Waals surface area contributed by atoms with Crippen LogP contribution in [0.5, 0.6) is 0 Å². The Balaban J connectivity index is 0.729. The minimum absolute atomic E-state index is 0.139. The Labute approximate surface area is 514 Å². The fraction of sp³-hybridized carbons (Fsp3) is 0.0714. The summed E-state index contributed by atoms with van der Waals surface area (Å²) < 4.78 is 0. The molecule has 0 unspecified atom stereocenters. The van der Waals surface area contributed by atoms with Gasteiger partial charge in [-0.15, -0.1) is 0 Å². The summed E-state index contributed by atoms with van der Waals surface area (Å²) in [5, 5.41) is 2.36. The molecule has 0 saturated carbocycles. The fourth-order valence-corrected chi connectivity index (χ4v) is 13.8. The second-order valence-corrected chi connectivity index (χ2v) is 24.5. The highest BCUT2D eigenvalue weighted by Crippen LogP contribution is 2.51. The van der Waals surface area contributed by atoms with Crippen molar-refractivity contribution in [1.29, 1.82) is 0 Å². The van der Waals surface area contributed by atoms with Crippen LogP contribution in [0.3, 0.4) is 0 Å². The molecule has 14 aromatic rings. The predicted molar refractivity (Wildman–Crippen MR) is 365 cm³/mol. The molecular weight excluding hydrogens is 1060 g/mol. The Bertz CT molecular complexity index is 4700. The van der Waals surface area contributed by atoms with Crippen molar-refractivity contribution in [3.8, 4) is 135 Å². The number of hydrogen-bond acceptors (Lipinski definition) is 4. The average Bonchev–Trinajstić information content (AvgIpc) is 1.76. The lowest BCUT2D eigenvalue weighted by molar-refractivity contribution is 0.660. The highest BCUT2D eigenvalue weighted by atomic mass is 14.9. The van der Waals surface area contributed by atoms with Crippen LogP contribution in [0.4, 0.5) is 0 Å². The zero-order valence-corrected chi connectivity index (χ0v) is 49.5. The van der Waals surface area contributed by atoms with E-state index in [1.807, 2.05) is 0 Å². The molecule has 4 heteroatoms. The number of fused-ring (bicyclic) bond motifs is 7. The van der Waals surface area contributed by atoms with Gasteiger partial charge in [0.15, 0.2) is 11.6 Å². The minimum Gasteiger partial charge on any atom is -0.228 e. The van der Waals surface area contributed by atoms with Gasteiger partial charge in [0.1, 0.15) is 0 Å². The van der Waals surface area contributed by atoms with Gasteiger partial charge in [0.2, 0.25) is 0 Å². The van der Waals surface area contributed by atoms with E-state index in [1.54, 1.807) is 0 Å².